The summed E-state index contributed by atoms with van der Waals surface area (Å²) in [6.07, 6.45) is 2.55. The van der Waals surface area contributed by atoms with Gasteiger partial charge >= 0.3 is 0 Å². The maximum atomic E-state index is 4.68. The molecule has 2 saturated heterocycles. The van der Waals surface area contributed by atoms with E-state index in [4.69, 9.17) is 0 Å². The number of rotatable bonds is 4. The molecular formula is C18H24N4S. The lowest BCUT2D eigenvalue weighted by Crippen LogP contribution is -2.36. The van der Waals surface area contributed by atoms with Crippen molar-refractivity contribution in [3.63, 3.8) is 0 Å². The van der Waals surface area contributed by atoms with Crippen LogP contribution in [0.5, 0.6) is 0 Å². The molecular weight excluding hydrogens is 304 g/mol. The molecule has 2 aromatic heterocycles. The van der Waals surface area contributed by atoms with Crippen molar-refractivity contribution in [2.24, 2.45) is 0 Å². The average Bonchev–Trinajstić information content (AvgIpc) is 3.20. The summed E-state index contributed by atoms with van der Waals surface area (Å²) in [7, 11) is 0. The molecule has 5 heteroatoms. The van der Waals surface area contributed by atoms with Gasteiger partial charge in [-0.15, -0.1) is 11.3 Å². The standard InChI is InChI=1S/C18H24N4S/c1-13-4-3-5-15(19-13)10-21-8-6-18-17(21)7-9-22(18)11-16-12-23-14(2)20-16/h3-5,12,17-18H,6-11H2,1-2H3. The zero-order valence-electron chi connectivity index (χ0n) is 13.9. The van der Waals surface area contributed by atoms with Crippen LogP contribution in [0.25, 0.3) is 0 Å². The summed E-state index contributed by atoms with van der Waals surface area (Å²) in [6.45, 7) is 8.56. The Kier molecular flexibility index (Phi) is 4.18. The Bertz CT molecular complexity index is 683. The van der Waals surface area contributed by atoms with Gasteiger partial charge in [-0.1, -0.05) is 6.07 Å². The van der Waals surface area contributed by atoms with Gasteiger partial charge in [0.05, 0.1) is 16.4 Å². The SMILES string of the molecule is Cc1cccc(CN2CCC3C2CCN3Cc2csc(C)n2)n1. The van der Waals surface area contributed by atoms with Crippen molar-refractivity contribution in [1.82, 2.24) is 19.8 Å². The van der Waals surface area contributed by atoms with Gasteiger partial charge in [0.2, 0.25) is 0 Å². The van der Waals surface area contributed by atoms with Gasteiger partial charge in [-0.3, -0.25) is 14.8 Å². The lowest BCUT2D eigenvalue weighted by atomic mass is 10.1. The third kappa shape index (κ3) is 3.18. The van der Waals surface area contributed by atoms with Gasteiger partial charge < -0.3 is 0 Å². The van der Waals surface area contributed by atoms with Crippen molar-refractivity contribution in [3.8, 4) is 0 Å². The maximum absolute atomic E-state index is 4.68. The molecule has 2 unspecified atom stereocenters. The van der Waals surface area contributed by atoms with E-state index in [-0.39, 0.29) is 0 Å². The van der Waals surface area contributed by atoms with Gasteiger partial charge in [0, 0.05) is 49.3 Å². The molecule has 2 aliphatic rings. The van der Waals surface area contributed by atoms with Crippen LogP contribution in [0.15, 0.2) is 23.6 Å². The van der Waals surface area contributed by atoms with Crippen molar-refractivity contribution < 1.29 is 0 Å². The molecule has 4 heterocycles. The third-order valence-electron chi connectivity index (χ3n) is 5.15. The molecule has 4 rings (SSSR count). The summed E-state index contributed by atoms with van der Waals surface area (Å²) in [5.41, 5.74) is 3.57. The van der Waals surface area contributed by atoms with Gasteiger partial charge in [0.15, 0.2) is 0 Å². The van der Waals surface area contributed by atoms with Crippen molar-refractivity contribution in [2.75, 3.05) is 13.1 Å². The highest BCUT2D eigenvalue weighted by Crippen LogP contribution is 2.33. The number of nitrogens with zero attached hydrogens (tertiary/aromatic N) is 4. The normalized spacial score (nSPS) is 25.1. The molecule has 2 aromatic rings. The molecule has 2 fully saturated rings. The summed E-state index contributed by atoms with van der Waals surface area (Å²) in [4.78, 5) is 14.6. The second kappa shape index (κ2) is 6.30. The molecule has 2 atom stereocenters. The smallest absolute Gasteiger partial charge is 0.0897 e. The average molecular weight is 328 g/mol. The number of fused-ring (bicyclic) bond motifs is 1. The first kappa shape index (κ1) is 15.2. The van der Waals surface area contributed by atoms with Gasteiger partial charge in [0.25, 0.3) is 0 Å². The first-order valence-corrected chi connectivity index (χ1v) is 9.38. The molecule has 0 saturated carbocycles. The Balaban J connectivity index is 1.41. The fraction of sp³-hybridized carbons (Fsp3) is 0.556. The Labute approximate surface area is 142 Å². The number of likely N-dealkylation sites (tertiary alicyclic amines) is 2. The zero-order chi connectivity index (χ0) is 15.8. The van der Waals surface area contributed by atoms with E-state index in [1.807, 2.05) is 0 Å². The van der Waals surface area contributed by atoms with Crippen LogP contribution in [-0.4, -0.2) is 44.9 Å². The van der Waals surface area contributed by atoms with Crippen LogP contribution in [-0.2, 0) is 13.1 Å². The highest BCUT2D eigenvalue weighted by atomic mass is 32.1. The molecule has 0 amide bonds. The van der Waals surface area contributed by atoms with Crippen LogP contribution in [0.4, 0.5) is 0 Å². The van der Waals surface area contributed by atoms with Crippen molar-refractivity contribution in [2.45, 2.75) is 51.9 Å². The van der Waals surface area contributed by atoms with Crippen LogP contribution in [0, 0.1) is 13.8 Å². The number of pyridine rings is 1. The Hall–Kier alpha value is -1.30. The molecule has 4 nitrogen and oxygen atoms in total. The topological polar surface area (TPSA) is 32.3 Å². The van der Waals surface area contributed by atoms with E-state index < -0.39 is 0 Å². The minimum absolute atomic E-state index is 0.692. The number of aromatic nitrogens is 2. The maximum Gasteiger partial charge on any atom is 0.0897 e. The molecule has 0 N–H and O–H groups in total. The largest absolute Gasteiger partial charge is 0.293 e. The predicted molar refractivity (Wildman–Crippen MR) is 93.5 cm³/mol. The summed E-state index contributed by atoms with van der Waals surface area (Å²) < 4.78 is 0. The summed E-state index contributed by atoms with van der Waals surface area (Å²) in [6, 6.07) is 7.74. The number of thiazole rings is 1. The third-order valence-corrected chi connectivity index (χ3v) is 5.97. The summed E-state index contributed by atoms with van der Waals surface area (Å²) in [5, 5.41) is 3.39. The minimum Gasteiger partial charge on any atom is -0.293 e. The van der Waals surface area contributed by atoms with E-state index in [2.05, 4.69) is 57.2 Å². The van der Waals surface area contributed by atoms with Gasteiger partial charge in [0.1, 0.15) is 0 Å². The van der Waals surface area contributed by atoms with E-state index in [0.717, 1.165) is 18.8 Å². The van der Waals surface area contributed by atoms with Crippen LogP contribution in [0.2, 0.25) is 0 Å². The lowest BCUT2D eigenvalue weighted by molar-refractivity contribution is 0.210. The highest BCUT2D eigenvalue weighted by Gasteiger charge is 2.42. The molecule has 23 heavy (non-hydrogen) atoms. The van der Waals surface area contributed by atoms with Gasteiger partial charge in [-0.05, 0) is 38.8 Å². The molecule has 0 spiro atoms. The molecule has 0 aromatic carbocycles. The second-order valence-electron chi connectivity index (χ2n) is 6.78. The monoisotopic (exact) mass is 328 g/mol. The number of aryl methyl sites for hydroxylation is 2. The van der Waals surface area contributed by atoms with Gasteiger partial charge in [-0.2, -0.15) is 0 Å². The lowest BCUT2D eigenvalue weighted by Gasteiger charge is -2.25. The molecule has 0 radical (unpaired) electrons. The van der Waals surface area contributed by atoms with E-state index in [9.17, 15) is 0 Å². The summed E-state index contributed by atoms with van der Waals surface area (Å²) >= 11 is 1.76. The summed E-state index contributed by atoms with van der Waals surface area (Å²) in [5.74, 6) is 0. The molecule has 2 aliphatic heterocycles. The van der Waals surface area contributed by atoms with Crippen LogP contribution in [0.3, 0.4) is 0 Å². The first-order chi connectivity index (χ1) is 11.2. The second-order valence-corrected chi connectivity index (χ2v) is 7.84. The Morgan fingerprint density at radius 1 is 1.00 bits per heavy atom. The van der Waals surface area contributed by atoms with Crippen LogP contribution in [0.1, 0.15) is 34.9 Å². The van der Waals surface area contributed by atoms with Crippen LogP contribution < -0.4 is 0 Å². The molecule has 0 bridgehead atoms. The molecule has 0 aliphatic carbocycles. The van der Waals surface area contributed by atoms with Crippen molar-refractivity contribution in [3.05, 3.63) is 45.7 Å². The number of hydrogen-bond acceptors (Lipinski definition) is 5. The fourth-order valence-electron chi connectivity index (χ4n) is 4.14. The Morgan fingerprint density at radius 3 is 2.30 bits per heavy atom. The molecule has 122 valence electrons. The van der Waals surface area contributed by atoms with Crippen molar-refractivity contribution in [1.29, 1.82) is 0 Å². The predicted octanol–water partition coefficient (Wildman–Crippen LogP) is 3.00. The van der Waals surface area contributed by atoms with Crippen LogP contribution >= 0.6 is 11.3 Å². The van der Waals surface area contributed by atoms with Gasteiger partial charge in [-0.25, -0.2) is 4.98 Å². The Morgan fingerprint density at radius 2 is 1.70 bits per heavy atom. The van der Waals surface area contributed by atoms with E-state index in [0.29, 0.717) is 12.1 Å². The van der Waals surface area contributed by atoms with Crippen molar-refractivity contribution >= 4 is 11.3 Å². The van der Waals surface area contributed by atoms with E-state index in [1.54, 1.807) is 11.3 Å². The highest BCUT2D eigenvalue weighted by molar-refractivity contribution is 7.09. The zero-order valence-corrected chi connectivity index (χ0v) is 14.7. The fourth-order valence-corrected chi connectivity index (χ4v) is 4.75. The number of hydrogen-bond donors (Lipinski definition) is 0. The minimum atomic E-state index is 0.692. The quantitative estimate of drug-likeness (QED) is 0.864. The first-order valence-electron chi connectivity index (χ1n) is 8.51. The van der Waals surface area contributed by atoms with E-state index >= 15 is 0 Å². The van der Waals surface area contributed by atoms with E-state index in [1.165, 1.54) is 42.3 Å².